The minimum Gasteiger partial charge on any atom is -0.366 e. The van der Waals surface area contributed by atoms with Crippen LogP contribution in [0.25, 0.3) is 0 Å². The third kappa shape index (κ3) is 3.08. The van der Waals surface area contributed by atoms with Crippen molar-refractivity contribution < 1.29 is 9.18 Å². The van der Waals surface area contributed by atoms with Crippen LogP contribution in [-0.4, -0.2) is 36.5 Å². The highest BCUT2D eigenvalue weighted by molar-refractivity contribution is 5.92. The number of hydrogen-bond donors (Lipinski definition) is 2. The van der Waals surface area contributed by atoms with Gasteiger partial charge in [0.05, 0.1) is 6.07 Å². The average Bonchev–Trinajstić information content (AvgIpc) is 2.41. The highest BCUT2D eigenvalue weighted by Gasteiger charge is 2.22. The van der Waals surface area contributed by atoms with E-state index in [1.54, 1.807) is 0 Å². The number of benzene rings is 1. The number of nitrogens with two attached hydrogens (primary N) is 1. The predicted octanol–water partition coefficient (Wildman–Crippen LogP) is 0.222. The third-order valence-corrected chi connectivity index (χ3v) is 3.21. The van der Waals surface area contributed by atoms with Crippen LogP contribution in [0.2, 0.25) is 0 Å². The Bertz CT molecular complexity index is 526. The predicted molar refractivity (Wildman–Crippen MR) is 67.6 cm³/mol. The standard InChI is InChI=1S/C13H15FN4O/c14-12-2-1-9(13(16)19)5-10(12)8-18-4-3-17-7-11(18)6-15/h1-2,5,11,17H,3-4,7-8H2,(H2,16,19). The third-order valence-electron chi connectivity index (χ3n) is 3.21. The lowest BCUT2D eigenvalue weighted by atomic mass is 10.1. The van der Waals surface area contributed by atoms with E-state index in [1.807, 2.05) is 4.90 Å². The molecule has 1 heterocycles. The number of carbonyl (C=O) groups excluding carboxylic acids is 1. The summed E-state index contributed by atoms with van der Waals surface area (Å²) >= 11 is 0. The van der Waals surface area contributed by atoms with Gasteiger partial charge in [-0.1, -0.05) is 0 Å². The second-order valence-corrected chi connectivity index (χ2v) is 4.49. The topological polar surface area (TPSA) is 82.2 Å². The molecule has 0 spiro atoms. The number of nitriles is 1. The van der Waals surface area contributed by atoms with Crippen LogP contribution in [0.5, 0.6) is 0 Å². The largest absolute Gasteiger partial charge is 0.366 e. The Morgan fingerprint density at radius 3 is 3.11 bits per heavy atom. The number of nitrogens with one attached hydrogen (secondary N) is 1. The van der Waals surface area contributed by atoms with Gasteiger partial charge in [0.2, 0.25) is 5.91 Å². The van der Waals surface area contributed by atoms with Gasteiger partial charge in [0.25, 0.3) is 0 Å². The van der Waals surface area contributed by atoms with Crippen LogP contribution in [0.4, 0.5) is 4.39 Å². The van der Waals surface area contributed by atoms with Crippen molar-refractivity contribution in [3.05, 3.63) is 35.1 Å². The van der Waals surface area contributed by atoms with Crippen LogP contribution < -0.4 is 11.1 Å². The van der Waals surface area contributed by atoms with E-state index in [1.165, 1.54) is 18.2 Å². The zero-order valence-electron chi connectivity index (χ0n) is 10.4. The number of halogens is 1. The lowest BCUT2D eigenvalue weighted by Gasteiger charge is -2.32. The van der Waals surface area contributed by atoms with Gasteiger partial charge < -0.3 is 11.1 Å². The van der Waals surface area contributed by atoms with Gasteiger partial charge in [-0.3, -0.25) is 9.69 Å². The van der Waals surface area contributed by atoms with Crippen LogP contribution >= 0.6 is 0 Å². The zero-order valence-corrected chi connectivity index (χ0v) is 10.4. The molecule has 1 atom stereocenters. The number of amides is 1. The number of carbonyl (C=O) groups is 1. The van der Waals surface area contributed by atoms with Crippen molar-refractivity contribution in [3.63, 3.8) is 0 Å². The number of nitrogens with zero attached hydrogens (tertiary/aromatic N) is 2. The Morgan fingerprint density at radius 1 is 1.63 bits per heavy atom. The summed E-state index contributed by atoms with van der Waals surface area (Å²) in [4.78, 5) is 13.0. The highest BCUT2D eigenvalue weighted by atomic mass is 19.1. The van der Waals surface area contributed by atoms with Gasteiger partial charge in [-0.15, -0.1) is 0 Å². The summed E-state index contributed by atoms with van der Waals surface area (Å²) in [5, 5.41) is 12.2. The molecule has 2 rings (SSSR count). The molecule has 0 saturated carbocycles. The smallest absolute Gasteiger partial charge is 0.248 e. The van der Waals surface area contributed by atoms with Crippen molar-refractivity contribution in [2.75, 3.05) is 19.6 Å². The molecule has 1 fully saturated rings. The van der Waals surface area contributed by atoms with E-state index >= 15 is 0 Å². The molecule has 5 nitrogen and oxygen atoms in total. The number of primary amides is 1. The van der Waals surface area contributed by atoms with Crippen LogP contribution in [0.15, 0.2) is 18.2 Å². The van der Waals surface area contributed by atoms with Gasteiger partial charge in [0.15, 0.2) is 0 Å². The first-order valence-corrected chi connectivity index (χ1v) is 6.04. The summed E-state index contributed by atoms with van der Waals surface area (Å²) in [7, 11) is 0. The Hall–Kier alpha value is -1.97. The molecule has 0 aromatic heterocycles. The molecule has 1 aliphatic heterocycles. The first kappa shape index (κ1) is 13.5. The Morgan fingerprint density at radius 2 is 2.42 bits per heavy atom. The summed E-state index contributed by atoms with van der Waals surface area (Å²) in [5.74, 6) is -0.974. The van der Waals surface area contributed by atoms with E-state index in [2.05, 4.69) is 11.4 Å². The Kier molecular flexibility index (Phi) is 4.10. The van der Waals surface area contributed by atoms with Crippen LogP contribution in [0, 0.1) is 17.1 Å². The molecule has 0 aliphatic carbocycles. The number of hydrogen-bond acceptors (Lipinski definition) is 4. The van der Waals surface area contributed by atoms with Gasteiger partial charge >= 0.3 is 0 Å². The monoisotopic (exact) mass is 262 g/mol. The molecule has 0 radical (unpaired) electrons. The maximum absolute atomic E-state index is 13.7. The lowest BCUT2D eigenvalue weighted by Crippen LogP contribution is -2.50. The number of piperazine rings is 1. The van der Waals surface area contributed by atoms with Crippen molar-refractivity contribution in [1.82, 2.24) is 10.2 Å². The summed E-state index contributed by atoms with van der Waals surface area (Å²) in [5.41, 5.74) is 5.85. The SMILES string of the molecule is N#CC1CNCCN1Cc1cc(C(N)=O)ccc1F. The molecule has 100 valence electrons. The number of rotatable bonds is 3. The molecule has 6 heteroatoms. The molecule has 1 aliphatic rings. The fourth-order valence-corrected chi connectivity index (χ4v) is 2.13. The van der Waals surface area contributed by atoms with Crippen molar-refractivity contribution in [1.29, 1.82) is 5.26 Å². The molecule has 3 N–H and O–H groups in total. The minimum absolute atomic E-state index is 0.278. The van der Waals surface area contributed by atoms with Crippen molar-refractivity contribution in [2.24, 2.45) is 5.73 Å². The van der Waals surface area contributed by atoms with Crippen LogP contribution in [-0.2, 0) is 6.54 Å². The molecule has 0 bridgehead atoms. The van der Waals surface area contributed by atoms with Crippen molar-refractivity contribution in [3.8, 4) is 6.07 Å². The van der Waals surface area contributed by atoms with Crippen molar-refractivity contribution >= 4 is 5.91 Å². The Labute approximate surface area is 110 Å². The molecule has 19 heavy (non-hydrogen) atoms. The average molecular weight is 262 g/mol. The first-order chi connectivity index (χ1) is 9.11. The van der Waals surface area contributed by atoms with E-state index in [0.717, 1.165) is 6.54 Å². The summed E-state index contributed by atoms with van der Waals surface area (Å²) in [6.07, 6.45) is 0. The van der Waals surface area contributed by atoms with Gasteiger partial charge in [0.1, 0.15) is 11.9 Å². The maximum Gasteiger partial charge on any atom is 0.248 e. The van der Waals surface area contributed by atoms with E-state index in [0.29, 0.717) is 25.2 Å². The normalized spacial score (nSPS) is 19.9. The fourth-order valence-electron chi connectivity index (χ4n) is 2.13. The molecule has 1 aromatic rings. The van der Waals surface area contributed by atoms with Gasteiger partial charge in [-0.2, -0.15) is 5.26 Å². The molecular weight excluding hydrogens is 247 g/mol. The van der Waals surface area contributed by atoms with Crippen molar-refractivity contribution in [2.45, 2.75) is 12.6 Å². The van der Waals surface area contributed by atoms with Gasteiger partial charge in [-0.25, -0.2) is 4.39 Å². The van der Waals surface area contributed by atoms with E-state index in [9.17, 15) is 9.18 Å². The summed E-state index contributed by atoms with van der Waals surface area (Å²) < 4.78 is 13.7. The highest BCUT2D eigenvalue weighted by Crippen LogP contribution is 2.15. The van der Waals surface area contributed by atoms with Gasteiger partial charge in [-0.05, 0) is 18.2 Å². The molecule has 1 aromatic carbocycles. The van der Waals surface area contributed by atoms with Crippen LogP contribution in [0.3, 0.4) is 0 Å². The first-order valence-electron chi connectivity index (χ1n) is 6.04. The van der Waals surface area contributed by atoms with E-state index < -0.39 is 5.91 Å². The van der Waals surface area contributed by atoms with Crippen LogP contribution in [0.1, 0.15) is 15.9 Å². The summed E-state index contributed by atoms with van der Waals surface area (Å²) in [6, 6.07) is 5.94. The maximum atomic E-state index is 13.7. The lowest BCUT2D eigenvalue weighted by molar-refractivity contribution is 0.1000. The zero-order chi connectivity index (χ0) is 13.8. The van der Waals surface area contributed by atoms with Gasteiger partial charge in [0, 0.05) is 37.3 Å². The quantitative estimate of drug-likeness (QED) is 0.816. The minimum atomic E-state index is -0.585. The van der Waals surface area contributed by atoms with E-state index in [4.69, 9.17) is 11.0 Å². The molecule has 1 amide bonds. The van der Waals surface area contributed by atoms with E-state index in [-0.39, 0.29) is 17.4 Å². The second kappa shape index (κ2) is 5.78. The Balaban J connectivity index is 2.20. The summed E-state index contributed by atoms with van der Waals surface area (Å²) in [6.45, 7) is 2.29. The molecular formula is C13H15FN4O. The second-order valence-electron chi connectivity index (χ2n) is 4.49. The fraction of sp³-hybridized carbons (Fsp3) is 0.385. The molecule has 1 unspecified atom stereocenters. The molecule has 1 saturated heterocycles.